The van der Waals surface area contributed by atoms with Crippen molar-refractivity contribution in [3.05, 3.63) is 213 Å². The average molecular weight is 790 g/mol. The van der Waals surface area contributed by atoms with E-state index in [1.807, 2.05) is 36.4 Å². The molecule has 3 aromatic heterocycles. The van der Waals surface area contributed by atoms with Crippen molar-refractivity contribution in [3.8, 4) is 16.8 Å². The average Bonchev–Trinajstić information content (AvgIpc) is 4.05. The number of hydrogen-bond acceptors (Lipinski definition) is 4. The summed E-state index contributed by atoms with van der Waals surface area (Å²) in [6.07, 6.45) is 5.94. The van der Waals surface area contributed by atoms with Gasteiger partial charge in [-0.1, -0.05) is 122 Å². The number of fused-ring (bicyclic) bond motifs is 10. The van der Waals surface area contributed by atoms with Gasteiger partial charge in [0.05, 0.1) is 22.4 Å². The lowest BCUT2D eigenvalue weighted by Crippen LogP contribution is -2.14. The predicted octanol–water partition coefficient (Wildman–Crippen LogP) is 16.1. The Morgan fingerprint density at radius 3 is 1.65 bits per heavy atom. The third-order valence-electron chi connectivity index (χ3n) is 11.8. The second kappa shape index (κ2) is 13.5. The Hall–Kier alpha value is -7.59. The van der Waals surface area contributed by atoms with Crippen molar-refractivity contribution < 1.29 is 8.83 Å². The minimum Gasteiger partial charge on any atom is -0.456 e. The maximum absolute atomic E-state index is 6.33. The molecule has 1 unspecified atom stereocenters. The second-order valence-corrected chi connectivity index (χ2v) is 17.0. The lowest BCUT2D eigenvalue weighted by Gasteiger charge is -2.33. The third-order valence-corrected chi connectivity index (χ3v) is 14.2. The van der Waals surface area contributed by atoms with Crippen LogP contribution in [0.4, 0.5) is 22.7 Å². The van der Waals surface area contributed by atoms with Crippen LogP contribution in [-0.2, 0) is 0 Å². The quantitative estimate of drug-likeness (QED) is 0.119. The Bertz CT molecular complexity index is 3570. The first-order valence-corrected chi connectivity index (χ1v) is 21.3. The lowest BCUT2D eigenvalue weighted by molar-refractivity contribution is 0.668. The number of allylic oxidation sites excluding steroid dienone is 4. The highest BCUT2D eigenvalue weighted by Gasteiger charge is 2.41. The van der Waals surface area contributed by atoms with Gasteiger partial charge in [0.2, 0.25) is 0 Å². The highest BCUT2D eigenvalue weighted by atomic mass is 31.1. The van der Waals surface area contributed by atoms with Gasteiger partial charge in [-0.3, -0.25) is 9.34 Å². The molecule has 8 aromatic carbocycles. The minimum atomic E-state index is -1.27. The molecule has 60 heavy (non-hydrogen) atoms. The van der Waals surface area contributed by atoms with Gasteiger partial charge in [-0.2, -0.15) is 0 Å². The summed E-state index contributed by atoms with van der Waals surface area (Å²) in [5.41, 5.74) is 13.6. The van der Waals surface area contributed by atoms with Crippen LogP contribution in [0.25, 0.3) is 82.5 Å². The molecule has 12 rings (SSSR count). The third kappa shape index (κ3) is 5.16. The van der Waals surface area contributed by atoms with Crippen molar-refractivity contribution in [2.45, 2.75) is 0 Å². The molecule has 284 valence electrons. The molecular formula is C54H36N3O2P. The number of aromatic nitrogens is 1. The molecular weight excluding hydrogens is 754 g/mol. The van der Waals surface area contributed by atoms with Crippen LogP contribution < -0.4 is 9.34 Å². The first-order chi connectivity index (χ1) is 29.7. The van der Waals surface area contributed by atoms with Gasteiger partial charge >= 0.3 is 0 Å². The van der Waals surface area contributed by atoms with E-state index in [1.54, 1.807) is 0 Å². The minimum absolute atomic E-state index is 0.860. The van der Waals surface area contributed by atoms with Crippen LogP contribution in [-0.4, -0.2) is 4.57 Å². The first kappa shape index (κ1) is 34.5. The van der Waals surface area contributed by atoms with Crippen molar-refractivity contribution in [3.63, 3.8) is 0 Å². The highest BCUT2D eigenvalue weighted by Crippen LogP contribution is 2.70. The number of anilines is 4. The van der Waals surface area contributed by atoms with Crippen LogP contribution >= 0.6 is 8.22 Å². The van der Waals surface area contributed by atoms with E-state index in [4.69, 9.17) is 8.83 Å². The Morgan fingerprint density at radius 2 is 0.983 bits per heavy atom. The van der Waals surface area contributed by atoms with Gasteiger partial charge in [-0.25, -0.2) is 0 Å². The molecule has 0 aliphatic carbocycles. The van der Waals surface area contributed by atoms with Gasteiger partial charge in [0.25, 0.3) is 0 Å². The predicted molar refractivity (Wildman–Crippen MR) is 253 cm³/mol. The molecule has 1 aliphatic rings. The molecule has 6 heteroatoms. The van der Waals surface area contributed by atoms with E-state index >= 15 is 0 Å². The van der Waals surface area contributed by atoms with E-state index in [2.05, 4.69) is 185 Å². The zero-order valence-electron chi connectivity index (χ0n) is 32.5. The molecule has 0 saturated carbocycles. The summed E-state index contributed by atoms with van der Waals surface area (Å²) < 4.78 is 20.0. The summed E-state index contributed by atoms with van der Waals surface area (Å²) in [6, 6.07) is 62.8. The van der Waals surface area contributed by atoms with E-state index in [0.717, 1.165) is 88.8 Å². The summed E-state index contributed by atoms with van der Waals surface area (Å²) in [4.78, 5) is 0. The van der Waals surface area contributed by atoms with Gasteiger partial charge in [-0.05, 0) is 96.1 Å². The molecule has 5 nitrogen and oxygen atoms in total. The smallest absolute Gasteiger partial charge is 0.138 e. The summed E-state index contributed by atoms with van der Waals surface area (Å²) in [5, 5.41) is 7.87. The maximum atomic E-state index is 6.33. The molecule has 0 radical (unpaired) electrons. The number of benzene rings is 8. The van der Waals surface area contributed by atoms with Gasteiger partial charge in [0, 0.05) is 54.7 Å². The fourth-order valence-electron chi connectivity index (χ4n) is 9.11. The molecule has 0 bridgehead atoms. The van der Waals surface area contributed by atoms with Crippen molar-refractivity contribution in [1.82, 2.24) is 4.57 Å². The number of rotatable bonds is 7. The molecule has 4 heterocycles. The van der Waals surface area contributed by atoms with E-state index in [-0.39, 0.29) is 0 Å². The largest absolute Gasteiger partial charge is 0.456 e. The van der Waals surface area contributed by atoms with Crippen LogP contribution in [0.5, 0.6) is 0 Å². The molecule has 0 amide bonds. The molecule has 1 aliphatic heterocycles. The van der Waals surface area contributed by atoms with Crippen LogP contribution in [0.1, 0.15) is 0 Å². The Balaban J connectivity index is 1.11. The summed E-state index contributed by atoms with van der Waals surface area (Å²) in [7, 11) is -1.27. The Morgan fingerprint density at radius 1 is 0.433 bits per heavy atom. The molecule has 0 N–H and O–H groups in total. The van der Waals surface area contributed by atoms with Crippen molar-refractivity contribution in [2.24, 2.45) is 0 Å². The van der Waals surface area contributed by atoms with Crippen LogP contribution in [0.3, 0.4) is 0 Å². The van der Waals surface area contributed by atoms with Gasteiger partial charge < -0.3 is 13.4 Å². The number of nitrogens with zero attached hydrogens (tertiary/aromatic N) is 3. The number of para-hydroxylation sites is 4. The van der Waals surface area contributed by atoms with Crippen molar-refractivity contribution >= 4 is 96.7 Å². The van der Waals surface area contributed by atoms with Crippen molar-refractivity contribution in [1.29, 1.82) is 0 Å². The van der Waals surface area contributed by atoms with Gasteiger partial charge in [0.15, 0.2) is 0 Å². The SMILES string of the molecule is C=C/C=C(\C=C)P1N(c2ccc3oc4ccccc4c3c2)c2ccc(-c3ccc4c5ccccc5n(-c5ccccc5)c4c3)cc2N1c1ccc2oc3ccccc3c2c1. The highest BCUT2D eigenvalue weighted by molar-refractivity contribution is 7.67. The summed E-state index contributed by atoms with van der Waals surface area (Å²) >= 11 is 0. The fourth-order valence-corrected chi connectivity index (χ4v) is 11.6. The first-order valence-electron chi connectivity index (χ1n) is 20.1. The Labute approximate surface area is 347 Å². The fraction of sp³-hybridized carbons (Fsp3) is 0. The zero-order chi connectivity index (χ0) is 39.9. The Kier molecular flexibility index (Phi) is 7.75. The number of hydrogen-bond donors (Lipinski definition) is 0. The van der Waals surface area contributed by atoms with E-state index in [1.165, 1.54) is 21.8 Å². The monoisotopic (exact) mass is 789 g/mol. The van der Waals surface area contributed by atoms with E-state index in [0.29, 0.717) is 0 Å². The topological polar surface area (TPSA) is 37.7 Å². The molecule has 0 saturated heterocycles. The molecule has 11 aromatic rings. The molecule has 0 spiro atoms. The van der Waals surface area contributed by atoms with Crippen LogP contribution in [0.15, 0.2) is 221 Å². The normalized spacial score (nSPS) is 14.3. The standard InChI is InChI=1S/C54H36N3O2P/c1-3-14-40(4-2)60-56(38-25-29-53-45(33-38)43-18-9-12-21-51(43)58-53)48-28-24-36(32-50(48)57(60)39-26-30-54-46(34-39)44-19-10-13-22-52(44)59-54)35-23-27-42-41-17-8-11-20-47(41)55(49(42)31-35)37-15-6-5-7-16-37/h3-34H,1-2H2/b40-14+. The summed E-state index contributed by atoms with van der Waals surface area (Å²) in [5.74, 6) is 0. The van der Waals surface area contributed by atoms with E-state index in [9.17, 15) is 0 Å². The van der Waals surface area contributed by atoms with Crippen LogP contribution in [0, 0.1) is 0 Å². The summed E-state index contributed by atoms with van der Waals surface area (Å²) in [6.45, 7) is 8.51. The zero-order valence-corrected chi connectivity index (χ0v) is 33.4. The van der Waals surface area contributed by atoms with Gasteiger partial charge in [-0.15, -0.1) is 0 Å². The molecule has 1 atom stereocenters. The van der Waals surface area contributed by atoms with E-state index < -0.39 is 8.22 Å². The lowest BCUT2D eigenvalue weighted by atomic mass is 10.0. The second-order valence-electron chi connectivity index (χ2n) is 15.1. The molecule has 0 fully saturated rings. The maximum Gasteiger partial charge on any atom is 0.138 e. The van der Waals surface area contributed by atoms with Gasteiger partial charge in [0.1, 0.15) is 30.6 Å². The number of furan rings is 2. The van der Waals surface area contributed by atoms with Crippen LogP contribution in [0.2, 0.25) is 0 Å². The van der Waals surface area contributed by atoms with Crippen molar-refractivity contribution in [2.75, 3.05) is 9.34 Å².